The molecule has 0 aliphatic heterocycles. The Bertz CT molecular complexity index is 643. The smallest absolute Gasteiger partial charge is 1.00 e. The molecule has 0 aliphatic rings. The van der Waals surface area contributed by atoms with Gasteiger partial charge in [-0.3, -0.25) is 4.55 Å². The summed E-state index contributed by atoms with van der Waals surface area (Å²) < 4.78 is 36.3. The molecule has 0 atom stereocenters. The van der Waals surface area contributed by atoms with Crippen LogP contribution in [-0.4, -0.2) is 20.1 Å². The van der Waals surface area contributed by atoms with E-state index >= 15 is 0 Å². The van der Waals surface area contributed by atoms with Gasteiger partial charge in [-0.05, 0) is 29.7 Å². The van der Waals surface area contributed by atoms with Crippen LogP contribution in [0.2, 0.25) is 0 Å². The van der Waals surface area contributed by atoms with Crippen LogP contribution in [0.1, 0.15) is 1.43 Å². The molecule has 2 rings (SSSR count). The van der Waals surface area contributed by atoms with E-state index in [1.807, 2.05) is 0 Å². The summed E-state index contributed by atoms with van der Waals surface area (Å²) >= 11 is 0. The molecule has 6 heteroatoms. The standard InChI is InChI=1S/C11H10O4S.Na.H/c1-15-9-5-6-10-8(7-9)3-2-4-11(10)16(12,13)14;;/h2-7H,1H3,(H,12,13,14);;/q;+1;-1. The summed E-state index contributed by atoms with van der Waals surface area (Å²) in [5.74, 6) is 0.639. The van der Waals surface area contributed by atoms with Crippen LogP contribution < -0.4 is 34.3 Å². The average molecular weight is 262 g/mol. The molecule has 0 spiro atoms. The molecular weight excluding hydrogens is 251 g/mol. The zero-order valence-corrected chi connectivity index (χ0v) is 12.4. The predicted molar refractivity (Wildman–Crippen MR) is 61.4 cm³/mol. The maximum Gasteiger partial charge on any atom is 1.00 e. The number of hydrogen-bond acceptors (Lipinski definition) is 3. The minimum Gasteiger partial charge on any atom is -1.00 e. The fourth-order valence-corrected chi connectivity index (χ4v) is 2.30. The summed E-state index contributed by atoms with van der Waals surface area (Å²) in [6, 6.07) is 9.67. The first kappa shape index (κ1) is 14.5. The van der Waals surface area contributed by atoms with Crippen LogP contribution in [0.3, 0.4) is 0 Å². The zero-order chi connectivity index (χ0) is 11.8. The first-order valence-corrected chi connectivity index (χ1v) is 6.00. The molecule has 0 fully saturated rings. The topological polar surface area (TPSA) is 63.6 Å². The summed E-state index contributed by atoms with van der Waals surface area (Å²) in [7, 11) is -2.65. The fourth-order valence-electron chi connectivity index (χ4n) is 1.58. The minimum atomic E-state index is -4.19. The van der Waals surface area contributed by atoms with Gasteiger partial charge in [-0.1, -0.05) is 12.1 Å². The maximum atomic E-state index is 11.1. The molecule has 0 amide bonds. The molecule has 0 heterocycles. The van der Waals surface area contributed by atoms with E-state index in [9.17, 15) is 8.42 Å². The summed E-state index contributed by atoms with van der Waals surface area (Å²) in [4.78, 5) is -0.0901. The van der Waals surface area contributed by atoms with Crippen molar-refractivity contribution in [1.29, 1.82) is 0 Å². The Morgan fingerprint density at radius 3 is 2.53 bits per heavy atom. The van der Waals surface area contributed by atoms with Crippen molar-refractivity contribution in [3.05, 3.63) is 36.4 Å². The van der Waals surface area contributed by atoms with Gasteiger partial charge in [-0.25, -0.2) is 0 Å². The van der Waals surface area contributed by atoms with Crippen molar-refractivity contribution in [3.63, 3.8) is 0 Å². The number of ether oxygens (including phenoxy) is 1. The molecule has 2 aromatic carbocycles. The van der Waals surface area contributed by atoms with Gasteiger partial charge in [0.2, 0.25) is 0 Å². The second-order valence-electron chi connectivity index (χ2n) is 3.32. The van der Waals surface area contributed by atoms with Crippen LogP contribution in [0.15, 0.2) is 41.3 Å². The molecule has 0 bridgehead atoms. The van der Waals surface area contributed by atoms with E-state index in [1.54, 1.807) is 30.3 Å². The molecule has 86 valence electrons. The maximum absolute atomic E-state index is 11.1. The third kappa shape index (κ3) is 3.00. The Balaban J connectivity index is 0.00000144. The fraction of sp³-hybridized carbons (Fsp3) is 0.0909. The van der Waals surface area contributed by atoms with Gasteiger partial charge in [0.25, 0.3) is 10.1 Å². The predicted octanol–water partition coefficient (Wildman–Crippen LogP) is -0.788. The summed E-state index contributed by atoms with van der Waals surface area (Å²) in [5.41, 5.74) is 0. The monoisotopic (exact) mass is 262 g/mol. The summed E-state index contributed by atoms with van der Waals surface area (Å²) in [6.45, 7) is 0. The SMILES string of the molecule is COc1ccc2c(S(=O)(=O)O)cccc2c1.[H-].[Na+]. The van der Waals surface area contributed by atoms with Crippen molar-refractivity contribution in [3.8, 4) is 5.75 Å². The van der Waals surface area contributed by atoms with Gasteiger partial charge in [0.15, 0.2) is 0 Å². The normalized spacial score (nSPS) is 10.9. The van der Waals surface area contributed by atoms with Crippen LogP contribution in [0.5, 0.6) is 5.75 Å². The third-order valence-electron chi connectivity index (χ3n) is 2.33. The van der Waals surface area contributed by atoms with Gasteiger partial charge in [0, 0.05) is 5.39 Å². The minimum absolute atomic E-state index is 0. The molecule has 2 aromatic rings. The molecule has 0 saturated heterocycles. The van der Waals surface area contributed by atoms with Crippen molar-refractivity contribution >= 4 is 20.9 Å². The molecule has 17 heavy (non-hydrogen) atoms. The molecule has 1 N–H and O–H groups in total. The van der Waals surface area contributed by atoms with Gasteiger partial charge in [-0.2, -0.15) is 8.42 Å². The van der Waals surface area contributed by atoms with Crippen LogP contribution in [0, 0.1) is 0 Å². The van der Waals surface area contributed by atoms with Gasteiger partial charge < -0.3 is 6.16 Å². The van der Waals surface area contributed by atoms with Crippen LogP contribution in [-0.2, 0) is 10.1 Å². The van der Waals surface area contributed by atoms with Crippen molar-refractivity contribution in [2.24, 2.45) is 0 Å². The average Bonchev–Trinajstić information content (AvgIpc) is 2.26. The van der Waals surface area contributed by atoms with Crippen molar-refractivity contribution in [1.82, 2.24) is 0 Å². The first-order chi connectivity index (χ1) is 7.52. The van der Waals surface area contributed by atoms with Crippen molar-refractivity contribution < 1.29 is 48.7 Å². The van der Waals surface area contributed by atoms with Gasteiger partial charge >= 0.3 is 29.6 Å². The van der Waals surface area contributed by atoms with E-state index in [2.05, 4.69) is 0 Å². The Labute approximate surface area is 123 Å². The van der Waals surface area contributed by atoms with E-state index in [0.717, 1.165) is 0 Å². The largest absolute Gasteiger partial charge is 1.00 e. The quantitative estimate of drug-likeness (QED) is 0.569. The number of fused-ring (bicyclic) bond motifs is 1. The summed E-state index contributed by atoms with van der Waals surface area (Å²) in [6.07, 6.45) is 0. The Morgan fingerprint density at radius 1 is 1.24 bits per heavy atom. The van der Waals surface area contributed by atoms with Gasteiger partial charge in [0.1, 0.15) is 10.6 Å². The Hall–Kier alpha value is -0.590. The Morgan fingerprint density at radius 2 is 1.94 bits per heavy atom. The van der Waals surface area contributed by atoms with Gasteiger partial charge in [0.05, 0.1) is 7.11 Å². The molecule has 0 saturated carbocycles. The number of hydrogen-bond donors (Lipinski definition) is 1. The number of rotatable bonds is 2. The van der Waals surface area contributed by atoms with E-state index in [4.69, 9.17) is 9.29 Å². The van der Waals surface area contributed by atoms with E-state index in [1.165, 1.54) is 13.2 Å². The summed E-state index contributed by atoms with van der Waals surface area (Å²) in [5, 5.41) is 1.18. The second-order valence-corrected chi connectivity index (χ2v) is 4.71. The van der Waals surface area contributed by atoms with E-state index < -0.39 is 10.1 Å². The third-order valence-corrected chi connectivity index (χ3v) is 3.24. The van der Waals surface area contributed by atoms with Crippen molar-refractivity contribution in [2.75, 3.05) is 7.11 Å². The number of methoxy groups -OCH3 is 1. The first-order valence-electron chi connectivity index (χ1n) is 4.56. The molecular formula is C11H11NaO4S. The van der Waals surface area contributed by atoms with Crippen LogP contribution >= 0.6 is 0 Å². The zero-order valence-electron chi connectivity index (χ0n) is 10.5. The van der Waals surface area contributed by atoms with Gasteiger partial charge in [-0.15, -0.1) is 0 Å². The molecule has 0 unspecified atom stereocenters. The van der Waals surface area contributed by atoms with E-state index in [-0.39, 0.29) is 35.9 Å². The number of benzene rings is 2. The van der Waals surface area contributed by atoms with Crippen LogP contribution in [0.4, 0.5) is 0 Å². The molecule has 0 aliphatic carbocycles. The molecule has 0 radical (unpaired) electrons. The Kier molecular flexibility index (Phi) is 4.57. The van der Waals surface area contributed by atoms with Crippen molar-refractivity contribution in [2.45, 2.75) is 4.90 Å². The van der Waals surface area contributed by atoms with Crippen LogP contribution in [0.25, 0.3) is 10.8 Å². The molecule has 4 nitrogen and oxygen atoms in total. The second kappa shape index (κ2) is 5.37. The molecule has 0 aromatic heterocycles. The van der Waals surface area contributed by atoms with E-state index in [0.29, 0.717) is 16.5 Å².